The molecule has 0 radical (unpaired) electrons. The highest BCUT2D eigenvalue weighted by molar-refractivity contribution is 5.97. The Morgan fingerprint density at radius 1 is 1.20 bits per heavy atom. The third-order valence-electron chi connectivity index (χ3n) is 3.05. The van der Waals surface area contributed by atoms with Crippen molar-refractivity contribution >= 4 is 5.91 Å². The number of nitrogens with one attached hydrogen (secondary N) is 1. The van der Waals surface area contributed by atoms with E-state index in [-0.39, 0.29) is 23.6 Å². The molecule has 1 N–H and O–H groups in total. The molecular formula is C17H17F3N2O3. The lowest BCUT2D eigenvalue weighted by molar-refractivity contribution is -0.153. The summed E-state index contributed by atoms with van der Waals surface area (Å²) < 4.78 is 46.9. The summed E-state index contributed by atoms with van der Waals surface area (Å²) in [7, 11) is 0. The average molecular weight is 354 g/mol. The zero-order valence-electron chi connectivity index (χ0n) is 13.5. The third-order valence-corrected chi connectivity index (χ3v) is 3.05. The summed E-state index contributed by atoms with van der Waals surface area (Å²) in [6.45, 7) is 0.793. The van der Waals surface area contributed by atoms with Gasteiger partial charge in [-0.05, 0) is 37.3 Å². The fraction of sp³-hybridized carbons (Fsp3) is 0.294. The molecule has 2 aromatic rings. The van der Waals surface area contributed by atoms with E-state index in [1.54, 1.807) is 31.3 Å². The summed E-state index contributed by atoms with van der Waals surface area (Å²) in [4.78, 5) is 16.5. The number of aromatic nitrogens is 1. The van der Waals surface area contributed by atoms with E-state index in [1.165, 1.54) is 18.2 Å². The monoisotopic (exact) mass is 354 g/mol. The highest BCUT2D eigenvalue weighted by Crippen LogP contribution is 2.26. The molecule has 8 heteroatoms. The Labute approximate surface area is 142 Å². The Morgan fingerprint density at radius 2 is 2.00 bits per heavy atom. The first kappa shape index (κ1) is 18.6. The van der Waals surface area contributed by atoms with Gasteiger partial charge in [0.1, 0.15) is 11.5 Å². The minimum atomic E-state index is -4.46. The fourth-order valence-electron chi connectivity index (χ4n) is 1.99. The van der Waals surface area contributed by atoms with Crippen molar-refractivity contribution in [1.82, 2.24) is 10.3 Å². The maximum Gasteiger partial charge on any atom is 0.422 e. The van der Waals surface area contributed by atoms with Gasteiger partial charge >= 0.3 is 6.18 Å². The standard InChI is InChI=1S/C17H17F3N2O3/c1-2-24-15-7-6-13(25-11-17(18,19)20)9-14(15)16(23)22-10-12-5-3-4-8-21-12/h3-9H,2,10-11H2,1H3,(H,22,23). The van der Waals surface area contributed by atoms with Crippen molar-refractivity contribution in [2.45, 2.75) is 19.6 Å². The fourth-order valence-corrected chi connectivity index (χ4v) is 1.99. The minimum Gasteiger partial charge on any atom is -0.493 e. The van der Waals surface area contributed by atoms with Crippen LogP contribution in [-0.4, -0.2) is 30.3 Å². The molecule has 0 aliphatic rings. The van der Waals surface area contributed by atoms with Gasteiger partial charge < -0.3 is 14.8 Å². The van der Waals surface area contributed by atoms with Crippen LogP contribution in [0, 0.1) is 0 Å². The Hall–Kier alpha value is -2.77. The zero-order valence-corrected chi connectivity index (χ0v) is 13.5. The topological polar surface area (TPSA) is 60.5 Å². The molecule has 5 nitrogen and oxygen atoms in total. The first-order valence-electron chi connectivity index (χ1n) is 7.53. The van der Waals surface area contributed by atoms with Crippen LogP contribution >= 0.6 is 0 Å². The van der Waals surface area contributed by atoms with Gasteiger partial charge in [-0.1, -0.05) is 6.07 Å². The largest absolute Gasteiger partial charge is 0.493 e. The molecule has 2 rings (SSSR count). The lowest BCUT2D eigenvalue weighted by atomic mass is 10.1. The van der Waals surface area contributed by atoms with Gasteiger partial charge in [0.15, 0.2) is 6.61 Å². The van der Waals surface area contributed by atoms with E-state index < -0.39 is 18.7 Å². The van der Waals surface area contributed by atoms with Crippen LogP contribution in [0.25, 0.3) is 0 Å². The van der Waals surface area contributed by atoms with Crippen molar-refractivity contribution in [3.8, 4) is 11.5 Å². The van der Waals surface area contributed by atoms with Gasteiger partial charge in [0.25, 0.3) is 5.91 Å². The number of nitrogens with zero attached hydrogens (tertiary/aromatic N) is 1. The molecule has 1 aromatic carbocycles. The molecule has 0 aliphatic heterocycles. The Balaban J connectivity index is 2.12. The van der Waals surface area contributed by atoms with E-state index in [4.69, 9.17) is 4.74 Å². The Bertz CT molecular complexity index is 706. The lowest BCUT2D eigenvalue weighted by Gasteiger charge is -2.14. The van der Waals surface area contributed by atoms with Crippen LogP contribution in [0.3, 0.4) is 0 Å². The number of benzene rings is 1. The number of hydrogen-bond donors (Lipinski definition) is 1. The number of carbonyl (C=O) groups excluding carboxylic acids is 1. The first-order chi connectivity index (χ1) is 11.9. The van der Waals surface area contributed by atoms with Gasteiger partial charge in [-0.15, -0.1) is 0 Å². The SMILES string of the molecule is CCOc1ccc(OCC(F)(F)F)cc1C(=O)NCc1ccccn1. The van der Waals surface area contributed by atoms with Gasteiger partial charge in [-0.2, -0.15) is 13.2 Å². The van der Waals surface area contributed by atoms with Gasteiger partial charge in [-0.25, -0.2) is 0 Å². The Morgan fingerprint density at radius 3 is 2.64 bits per heavy atom. The predicted molar refractivity (Wildman–Crippen MR) is 84.6 cm³/mol. The maximum atomic E-state index is 12.4. The van der Waals surface area contributed by atoms with E-state index >= 15 is 0 Å². The van der Waals surface area contributed by atoms with Crippen LogP contribution in [0.2, 0.25) is 0 Å². The highest BCUT2D eigenvalue weighted by atomic mass is 19.4. The van der Waals surface area contributed by atoms with E-state index in [0.29, 0.717) is 12.3 Å². The molecule has 0 bridgehead atoms. The average Bonchev–Trinajstić information content (AvgIpc) is 2.59. The van der Waals surface area contributed by atoms with Gasteiger partial charge in [-0.3, -0.25) is 9.78 Å². The summed E-state index contributed by atoms with van der Waals surface area (Å²) in [5, 5.41) is 2.65. The lowest BCUT2D eigenvalue weighted by Crippen LogP contribution is -2.24. The predicted octanol–water partition coefficient (Wildman–Crippen LogP) is 3.35. The number of amides is 1. The highest BCUT2D eigenvalue weighted by Gasteiger charge is 2.28. The van der Waals surface area contributed by atoms with Crippen molar-refractivity contribution in [1.29, 1.82) is 0 Å². The van der Waals surface area contributed by atoms with E-state index in [2.05, 4.69) is 15.0 Å². The van der Waals surface area contributed by atoms with Crippen molar-refractivity contribution in [2.24, 2.45) is 0 Å². The second-order valence-corrected chi connectivity index (χ2v) is 5.00. The number of rotatable bonds is 7. The Kier molecular flexibility index (Phi) is 6.21. The summed E-state index contributed by atoms with van der Waals surface area (Å²) >= 11 is 0. The molecule has 134 valence electrons. The molecule has 0 atom stereocenters. The zero-order chi connectivity index (χ0) is 18.3. The molecule has 0 spiro atoms. The van der Waals surface area contributed by atoms with Crippen molar-refractivity contribution < 1.29 is 27.4 Å². The molecule has 25 heavy (non-hydrogen) atoms. The molecule has 1 heterocycles. The molecule has 1 aromatic heterocycles. The molecule has 1 amide bonds. The smallest absolute Gasteiger partial charge is 0.422 e. The van der Waals surface area contributed by atoms with Gasteiger partial charge in [0.05, 0.1) is 24.4 Å². The van der Waals surface area contributed by atoms with E-state index in [9.17, 15) is 18.0 Å². The first-order valence-corrected chi connectivity index (χ1v) is 7.53. The molecule has 0 saturated carbocycles. The molecule has 0 aliphatic carbocycles. The summed E-state index contributed by atoms with van der Waals surface area (Å²) in [6, 6.07) is 9.24. The van der Waals surface area contributed by atoms with Crippen LogP contribution in [0.1, 0.15) is 23.0 Å². The van der Waals surface area contributed by atoms with Gasteiger partial charge in [0, 0.05) is 6.20 Å². The maximum absolute atomic E-state index is 12.4. The van der Waals surface area contributed by atoms with Crippen LogP contribution in [-0.2, 0) is 6.54 Å². The second-order valence-electron chi connectivity index (χ2n) is 5.00. The third kappa shape index (κ3) is 5.98. The van der Waals surface area contributed by atoms with Crippen LogP contribution in [0.4, 0.5) is 13.2 Å². The number of ether oxygens (including phenoxy) is 2. The van der Waals surface area contributed by atoms with Crippen molar-refractivity contribution in [3.63, 3.8) is 0 Å². The number of pyridine rings is 1. The van der Waals surface area contributed by atoms with Crippen molar-refractivity contribution in [2.75, 3.05) is 13.2 Å². The number of halogens is 3. The quantitative estimate of drug-likeness (QED) is 0.828. The molecular weight excluding hydrogens is 337 g/mol. The summed E-state index contributed by atoms with van der Waals surface area (Å²) in [6.07, 6.45) is -2.86. The normalized spacial score (nSPS) is 11.0. The van der Waals surface area contributed by atoms with Crippen LogP contribution < -0.4 is 14.8 Å². The van der Waals surface area contributed by atoms with Crippen molar-refractivity contribution in [3.05, 3.63) is 53.9 Å². The number of carbonyl (C=O) groups is 1. The summed E-state index contributed by atoms with van der Waals surface area (Å²) in [5.41, 5.74) is 0.746. The molecule has 0 unspecified atom stereocenters. The van der Waals surface area contributed by atoms with E-state index in [0.717, 1.165) is 0 Å². The van der Waals surface area contributed by atoms with Crippen LogP contribution in [0.5, 0.6) is 11.5 Å². The van der Waals surface area contributed by atoms with Gasteiger partial charge in [0.2, 0.25) is 0 Å². The molecule has 0 fully saturated rings. The minimum absolute atomic E-state index is 0.0660. The van der Waals surface area contributed by atoms with Crippen LogP contribution in [0.15, 0.2) is 42.6 Å². The second kappa shape index (κ2) is 8.36. The summed E-state index contributed by atoms with van der Waals surface area (Å²) in [5.74, 6) is -0.296. The number of hydrogen-bond acceptors (Lipinski definition) is 4. The van der Waals surface area contributed by atoms with E-state index in [1.807, 2.05) is 0 Å². The molecule has 0 saturated heterocycles. The number of alkyl halides is 3.